The summed E-state index contributed by atoms with van der Waals surface area (Å²) >= 11 is 0. The quantitative estimate of drug-likeness (QED) is 0.784. The van der Waals surface area contributed by atoms with E-state index in [1.165, 1.54) is 0 Å². The fourth-order valence-electron chi connectivity index (χ4n) is 1.31. The molecule has 1 amide bonds. The van der Waals surface area contributed by atoms with E-state index < -0.39 is 0 Å². The molecule has 0 bridgehead atoms. The van der Waals surface area contributed by atoms with E-state index in [-0.39, 0.29) is 17.8 Å². The second kappa shape index (κ2) is 4.21. The minimum Gasteiger partial charge on any atom is -0.334 e. The summed E-state index contributed by atoms with van der Waals surface area (Å²) in [5.74, 6) is 0.790. The van der Waals surface area contributed by atoms with E-state index in [0.29, 0.717) is 12.4 Å². The summed E-state index contributed by atoms with van der Waals surface area (Å²) in [5.41, 5.74) is 0. The molecule has 5 heteroatoms. The number of aryl methyl sites for hydroxylation is 1. The van der Waals surface area contributed by atoms with E-state index in [9.17, 15) is 4.79 Å². The molecule has 1 aromatic heterocycles. The Morgan fingerprint density at radius 1 is 1.57 bits per heavy atom. The SMILES string of the molecule is CCN(C(=O)c1n[nH]c(C)n1)C(C)C. The van der Waals surface area contributed by atoms with E-state index in [2.05, 4.69) is 15.2 Å². The summed E-state index contributed by atoms with van der Waals surface area (Å²) in [6.07, 6.45) is 0. The zero-order chi connectivity index (χ0) is 10.7. The highest BCUT2D eigenvalue weighted by molar-refractivity contribution is 5.90. The van der Waals surface area contributed by atoms with Crippen LogP contribution in [0.2, 0.25) is 0 Å². The maximum Gasteiger partial charge on any atom is 0.293 e. The molecule has 0 radical (unpaired) electrons. The normalized spacial score (nSPS) is 10.6. The van der Waals surface area contributed by atoms with Gasteiger partial charge in [0, 0.05) is 12.6 Å². The summed E-state index contributed by atoms with van der Waals surface area (Å²) < 4.78 is 0. The molecule has 1 aromatic rings. The fraction of sp³-hybridized carbons (Fsp3) is 0.667. The monoisotopic (exact) mass is 196 g/mol. The van der Waals surface area contributed by atoms with Gasteiger partial charge in [0.05, 0.1) is 0 Å². The molecule has 0 aliphatic heterocycles. The zero-order valence-electron chi connectivity index (χ0n) is 9.03. The van der Waals surface area contributed by atoms with Gasteiger partial charge in [0.25, 0.3) is 5.91 Å². The number of nitrogens with zero attached hydrogens (tertiary/aromatic N) is 3. The van der Waals surface area contributed by atoms with Crippen molar-refractivity contribution in [3.8, 4) is 0 Å². The number of hydrogen-bond acceptors (Lipinski definition) is 3. The van der Waals surface area contributed by atoms with Crippen molar-refractivity contribution in [1.29, 1.82) is 0 Å². The van der Waals surface area contributed by atoms with Gasteiger partial charge >= 0.3 is 0 Å². The maximum absolute atomic E-state index is 11.8. The minimum absolute atomic E-state index is 0.119. The van der Waals surface area contributed by atoms with Crippen molar-refractivity contribution in [2.75, 3.05) is 6.54 Å². The molecule has 14 heavy (non-hydrogen) atoms. The van der Waals surface area contributed by atoms with Gasteiger partial charge in [-0.05, 0) is 27.7 Å². The van der Waals surface area contributed by atoms with Crippen LogP contribution in [0.25, 0.3) is 0 Å². The first-order valence-corrected chi connectivity index (χ1v) is 4.76. The predicted octanol–water partition coefficient (Wildman–Crippen LogP) is 0.984. The first-order valence-electron chi connectivity index (χ1n) is 4.76. The van der Waals surface area contributed by atoms with Gasteiger partial charge in [-0.1, -0.05) is 0 Å². The fourth-order valence-corrected chi connectivity index (χ4v) is 1.31. The molecule has 78 valence electrons. The van der Waals surface area contributed by atoms with Crippen LogP contribution in [0.3, 0.4) is 0 Å². The van der Waals surface area contributed by atoms with Crippen LogP contribution in [0, 0.1) is 6.92 Å². The number of aromatic nitrogens is 3. The van der Waals surface area contributed by atoms with Crippen molar-refractivity contribution in [2.24, 2.45) is 0 Å². The third-order valence-electron chi connectivity index (χ3n) is 2.01. The number of carbonyl (C=O) groups is 1. The van der Waals surface area contributed by atoms with Crippen LogP contribution in [0.5, 0.6) is 0 Å². The third kappa shape index (κ3) is 2.10. The number of nitrogens with one attached hydrogen (secondary N) is 1. The summed E-state index contributed by atoms with van der Waals surface area (Å²) in [7, 11) is 0. The number of aromatic amines is 1. The highest BCUT2D eigenvalue weighted by Crippen LogP contribution is 2.03. The molecule has 0 fully saturated rings. The van der Waals surface area contributed by atoms with Gasteiger partial charge < -0.3 is 4.90 Å². The van der Waals surface area contributed by atoms with E-state index >= 15 is 0 Å². The lowest BCUT2D eigenvalue weighted by atomic mass is 10.3. The largest absolute Gasteiger partial charge is 0.334 e. The van der Waals surface area contributed by atoms with Gasteiger partial charge in [-0.25, -0.2) is 4.98 Å². The summed E-state index contributed by atoms with van der Waals surface area (Å²) in [4.78, 5) is 17.5. The highest BCUT2D eigenvalue weighted by atomic mass is 16.2. The van der Waals surface area contributed by atoms with Crippen molar-refractivity contribution in [3.05, 3.63) is 11.6 Å². The Bertz CT molecular complexity index is 318. The molecule has 0 aliphatic carbocycles. The highest BCUT2D eigenvalue weighted by Gasteiger charge is 2.20. The Morgan fingerprint density at radius 3 is 2.57 bits per heavy atom. The molecule has 0 saturated heterocycles. The molecule has 0 aliphatic rings. The number of amides is 1. The van der Waals surface area contributed by atoms with Crippen LogP contribution in [-0.4, -0.2) is 38.6 Å². The maximum atomic E-state index is 11.8. The van der Waals surface area contributed by atoms with Crippen molar-refractivity contribution in [1.82, 2.24) is 20.1 Å². The Morgan fingerprint density at radius 2 is 2.21 bits per heavy atom. The Balaban J connectivity index is 2.83. The first kappa shape index (κ1) is 10.7. The summed E-state index contributed by atoms with van der Waals surface area (Å²) in [6.45, 7) is 8.33. The van der Waals surface area contributed by atoms with Crippen LogP contribution in [0.1, 0.15) is 37.2 Å². The molecular weight excluding hydrogens is 180 g/mol. The van der Waals surface area contributed by atoms with Gasteiger partial charge in [-0.3, -0.25) is 9.89 Å². The number of H-pyrrole nitrogens is 1. The topological polar surface area (TPSA) is 61.9 Å². The van der Waals surface area contributed by atoms with Gasteiger partial charge in [-0.15, -0.1) is 5.10 Å². The van der Waals surface area contributed by atoms with Crippen molar-refractivity contribution < 1.29 is 4.79 Å². The molecule has 0 unspecified atom stereocenters. The number of hydrogen-bond donors (Lipinski definition) is 1. The average molecular weight is 196 g/mol. The van der Waals surface area contributed by atoms with E-state index in [0.717, 1.165) is 0 Å². The van der Waals surface area contributed by atoms with E-state index in [1.54, 1.807) is 11.8 Å². The molecule has 0 saturated carbocycles. The van der Waals surface area contributed by atoms with Crippen LogP contribution in [0.4, 0.5) is 0 Å². The lowest BCUT2D eigenvalue weighted by Crippen LogP contribution is -2.37. The van der Waals surface area contributed by atoms with Crippen LogP contribution < -0.4 is 0 Å². The predicted molar refractivity (Wildman–Crippen MR) is 53.0 cm³/mol. The molecule has 0 aromatic carbocycles. The lowest BCUT2D eigenvalue weighted by molar-refractivity contribution is 0.0705. The lowest BCUT2D eigenvalue weighted by Gasteiger charge is -2.23. The molecule has 0 spiro atoms. The van der Waals surface area contributed by atoms with Gasteiger partial charge in [0.1, 0.15) is 5.82 Å². The van der Waals surface area contributed by atoms with Crippen molar-refractivity contribution >= 4 is 5.91 Å². The average Bonchev–Trinajstić information content (AvgIpc) is 2.52. The van der Waals surface area contributed by atoms with Gasteiger partial charge in [0.15, 0.2) is 0 Å². The zero-order valence-corrected chi connectivity index (χ0v) is 9.03. The summed E-state index contributed by atoms with van der Waals surface area (Å²) in [6, 6.07) is 0.173. The van der Waals surface area contributed by atoms with E-state index in [4.69, 9.17) is 0 Å². The van der Waals surface area contributed by atoms with Crippen LogP contribution >= 0.6 is 0 Å². The Kier molecular flexibility index (Phi) is 3.22. The molecule has 1 N–H and O–H groups in total. The van der Waals surface area contributed by atoms with E-state index in [1.807, 2.05) is 20.8 Å². The summed E-state index contributed by atoms with van der Waals surface area (Å²) in [5, 5.41) is 6.50. The Labute approximate surface area is 83.5 Å². The number of rotatable bonds is 3. The standard InChI is InChI=1S/C9H16N4O/c1-5-13(6(2)3)9(14)8-10-7(4)11-12-8/h6H,5H2,1-4H3,(H,10,11,12). The van der Waals surface area contributed by atoms with Gasteiger partial charge in [0.2, 0.25) is 5.82 Å². The first-order chi connectivity index (χ1) is 6.56. The third-order valence-corrected chi connectivity index (χ3v) is 2.01. The molecular formula is C9H16N4O. The number of carbonyl (C=O) groups excluding carboxylic acids is 1. The Hall–Kier alpha value is -1.39. The molecule has 0 atom stereocenters. The second-order valence-corrected chi connectivity index (χ2v) is 3.43. The second-order valence-electron chi connectivity index (χ2n) is 3.43. The van der Waals surface area contributed by atoms with Crippen LogP contribution in [0.15, 0.2) is 0 Å². The molecule has 1 rings (SSSR count). The van der Waals surface area contributed by atoms with Crippen LogP contribution in [-0.2, 0) is 0 Å². The van der Waals surface area contributed by atoms with Crippen molar-refractivity contribution in [3.63, 3.8) is 0 Å². The van der Waals surface area contributed by atoms with Gasteiger partial charge in [-0.2, -0.15) is 0 Å². The molecule has 5 nitrogen and oxygen atoms in total. The van der Waals surface area contributed by atoms with Crippen molar-refractivity contribution in [2.45, 2.75) is 33.7 Å². The minimum atomic E-state index is -0.119. The molecule has 1 heterocycles. The smallest absolute Gasteiger partial charge is 0.293 e.